The third kappa shape index (κ3) is 4.80. The monoisotopic (exact) mass is 448 g/mol. The minimum absolute atomic E-state index is 0.0141. The molecule has 1 saturated carbocycles. The molecule has 2 aliphatic rings. The zero-order valence-electron chi connectivity index (χ0n) is 19.5. The summed E-state index contributed by atoms with van der Waals surface area (Å²) in [6, 6.07) is 13.6. The zero-order valence-corrected chi connectivity index (χ0v) is 19.5. The van der Waals surface area contributed by atoms with Gasteiger partial charge in [-0.15, -0.1) is 0 Å². The molecular weight excluding hydrogens is 416 g/mol. The fraction of sp³-hybridized carbons (Fsp3) is 0.444. The van der Waals surface area contributed by atoms with Gasteiger partial charge in [0.1, 0.15) is 11.8 Å². The Morgan fingerprint density at radius 2 is 1.67 bits per heavy atom. The van der Waals surface area contributed by atoms with Gasteiger partial charge in [0.2, 0.25) is 5.91 Å². The fourth-order valence-electron chi connectivity index (χ4n) is 5.01. The number of aryl methyl sites for hydroxylation is 1. The Hall–Kier alpha value is -3.15. The fourth-order valence-corrected chi connectivity index (χ4v) is 5.01. The molecule has 0 aromatic heterocycles. The van der Waals surface area contributed by atoms with E-state index < -0.39 is 6.04 Å². The molecule has 6 nitrogen and oxygen atoms in total. The van der Waals surface area contributed by atoms with Gasteiger partial charge in [-0.2, -0.15) is 0 Å². The van der Waals surface area contributed by atoms with Crippen LogP contribution in [0.25, 0.3) is 0 Å². The van der Waals surface area contributed by atoms with Crippen LogP contribution in [0.1, 0.15) is 67.8 Å². The molecular formula is C27H32N2O4. The topological polar surface area (TPSA) is 66.9 Å². The minimum Gasteiger partial charge on any atom is -0.494 e. The maximum atomic E-state index is 13.8. The smallest absolute Gasteiger partial charge is 0.257 e. The zero-order chi connectivity index (χ0) is 23.4. The number of hydrogen-bond donors (Lipinski definition) is 0. The molecule has 1 saturated heterocycles. The van der Waals surface area contributed by atoms with E-state index in [1.165, 1.54) is 4.90 Å². The van der Waals surface area contributed by atoms with Crippen molar-refractivity contribution in [1.29, 1.82) is 0 Å². The van der Waals surface area contributed by atoms with Crippen LogP contribution >= 0.6 is 0 Å². The first-order chi connectivity index (χ1) is 16.0. The van der Waals surface area contributed by atoms with Crippen LogP contribution in [0.15, 0.2) is 48.5 Å². The van der Waals surface area contributed by atoms with Gasteiger partial charge in [-0.3, -0.25) is 14.4 Å². The highest BCUT2D eigenvalue weighted by atomic mass is 16.5. The van der Waals surface area contributed by atoms with Gasteiger partial charge in [0.15, 0.2) is 0 Å². The largest absolute Gasteiger partial charge is 0.494 e. The normalized spacial score (nSPS) is 19.5. The number of rotatable bonds is 6. The molecule has 1 aliphatic heterocycles. The molecule has 174 valence electrons. The van der Waals surface area contributed by atoms with Crippen molar-refractivity contribution in [2.24, 2.45) is 0 Å². The van der Waals surface area contributed by atoms with Crippen molar-refractivity contribution in [3.8, 4) is 5.75 Å². The Labute approximate surface area is 195 Å². The number of amides is 3. The van der Waals surface area contributed by atoms with Gasteiger partial charge < -0.3 is 9.64 Å². The van der Waals surface area contributed by atoms with Crippen LogP contribution in [0.3, 0.4) is 0 Å². The second-order valence-corrected chi connectivity index (χ2v) is 8.89. The molecule has 2 aromatic carbocycles. The predicted octanol–water partition coefficient (Wildman–Crippen LogP) is 4.89. The van der Waals surface area contributed by atoms with Crippen LogP contribution < -0.4 is 9.64 Å². The Balaban J connectivity index is 1.66. The molecule has 3 amide bonds. The molecule has 0 N–H and O–H groups in total. The average molecular weight is 449 g/mol. The standard InChI is InChI=1S/C27H32N2O4/c1-3-33-22-16-14-21(15-17-22)29-25(30)18-24(27(29)32)28(20-11-6-4-5-7-12-20)26(31)23-13-9-8-10-19(23)2/h8-10,13-17,20,24H,3-7,11-12,18H2,1-2H3. The summed E-state index contributed by atoms with van der Waals surface area (Å²) in [6.45, 7) is 4.35. The number of hydrogen-bond acceptors (Lipinski definition) is 4. The summed E-state index contributed by atoms with van der Waals surface area (Å²) in [6.07, 6.45) is 6.06. The quantitative estimate of drug-likeness (QED) is 0.466. The molecule has 1 atom stereocenters. The highest BCUT2D eigenvalue weighted by molar-refractivity contribution is 6.23. The van der Waals surface area contributed by atoms with Crippen LogP contribution in [-0.2, 0) is 9.59 Å². The lowest BCUT2D eigenvalue weighted by molar-refractivity contribution is -0.123. The van der Waals surface area contributed by atoms with Gasteiger partial charge in [-0.25, -0.2) is 4.90 Å². The first kappa shape index (κ1) is 23.0. The second-order valence-electron chi connectivity index (χ2n) is 8.89. The van der Waals surface area contributed by atoms with E-state index in [0.29, 0.717) is 23.6 Å². The van der Waals surface area contributed by atoms with Gasteiger partial charge in [-0.1, -0.05) is 43.9 Å². The molecule has 33 heavy (non-hydrogen) atoms. The summed E-state index contributed by atoms with van der Waals surface area (Å²) >= 11 is 0. The predicted molar refractivity (Wildman–Crippen MR) is 127 cm³/mol. The van der Waals surface area contributed by atoms with Crippen LogP contribution in [0, 0.1) is 6.92 Å². The van der Waals surface area contributed by atoms with Crippen molar-refractivity contribution in [3.63, 3.8) is 0 Å². The molecule has 2 fully saturated rings. The van der Waals surface area contributed by atoms with Crippen LogP contribution in [0.5, 0.6) is 5.75 Å². The highest BCUT2D eigenvalue weighted by Crippen LogP contribution is 2.32. The summed E-state index contributed by atoms with van der Waals surface area (Å²) in [5.41, 5.74) is 1.99. The summed E-state index contributed by atoms with van der Waals surface area (Å²) < 4.78 is 5.48. The molecule has 6 heteroatoms. The molecule has 0 bridgehead atoms. The number of imide groups is 1. The van der Waals surface area contributed by atoms with Crippen LogP contribution in [0.4, 0.5) is 5.69 Å². The van der Waals surface area contributed by atoms with Crippen LogP contribution in [0.2, 0.25) is 0 Å². The van der Waals surface area contributed by atoms with Crippen molar-refractivity contribution < 1.29 is 19.1 Å². The Bertz CT molecular complexity index is 1010. The summed E-state index contributed by atoms with van der Waals surface area (Å²) in [5.74, 6) is -0.0629. The number of anilines is 1. The van der Waals surface area contributed by atoms with Gasteiger partial charge in [0, 0.05) is 11.6 Å². The number of carbonyl (C=O) groups excluding carboxylic acids is 3. The maximum absolute atomic E-state index is 13.8. The molecule has 2 aromatic rings. The number of benzene rings is 2. The minimum atomic E-state index is -0.778. The van der Waals surface area contributed by atoms with Gasteiger partial charge in [-0.05, 0) is 62.6 Å². The highest BCUT2D eigenvalue weighted by Gasteiger charge is 2.46. The van der Waals surface area contributed by atoms with Gasteiger partial charge in [0.05, 0.1) is 18.7 Å². The van der Waals surface area contributed by atoms with Gasteiger partial charge in [0.25, 0.3) is 11.8 Å². The molecule has 1 heterocycles. The summed E-state index contributed by atoms with van der Waals surface area (Å²) in [4.78, 5) is 43.4. The number of ether oxygens (including phenoxy) is 1. The van der Waals surface area contributed by atoms with Crippen molar-refractivity contribution in [1.82, 2.24) is 4.90 Å². The molecule has 1 aliphatic carbocycles. The van der Waals surface area contributed by atoms with E-state index in [-0.39, 0.29) is 30.2 Å². The van der Waals surface area contributed by atoms with Gasteiger partial charge >= 0.3 is 0 Å². The lowest BCUT2D eigenvalue weighted by atomic mass is 10.00. The molecule has 1 unspecified atom stereocenters. The van der Waals surface area contributed by atoms with Crippen molar-refractivity contribution in [2.75, 3.05) is 11.5 Å². The summed E-state index contributed by atoms with van der Waals surface area (Å²) in [7, 11) is 0. The van der Waals surface area contributed by atoms with E-state index in [0.717, 1.165) is 44.1 Å². The first-order valence-corrected chi connectivity index (χ1v) is 12.0. The van der Waals surface area contributed by atoms with E-state index >= 15 is 0 Å². The SMILES string of the molecule is CCOc1ccc(N2C(=O)CC(N(C(=O)c3ccccc3C)C3CCCCCC3)C2=O)cc1. The van der Waals surface area contributed by atoms with E-state index in [1.54, 1.807) is 29.2 Å². The maximum Gasteiger partial charge on any atom is 0.257 e. The lowest BCUT2D eigenvalue weighted by Gasteiger charge is -2.35. The molecule has 0 spiro atoms. The van der Waals surface area contributed by atoms with Crippen molar-refractivity contribution >= 4 is 23.4 Å². The Morgan fingerprint density at radius 3 is 2.30 bits per heavy atom. The van der Waals surface area contributed by atoms with E-state index in [1.807, 2.05) is 38.1 Å². The number of carbonyl (C=O) groups is 3. The Morgan fingerprint density at radius 1 is 1.00 bits per heavy atom. The second kappa shape index (κ2) is 10.2. The molecule has 0 radical (unpaired) electrons. The van der Waals surface area contributed by atoms with Crippen molar-refractivity contribution in [3.05, 3.63) is 59.7 Å². The third-order valence-corrected chi connectivity index (χ3v) is 6.69. The molecule has 4 rings (SSSR count). The average Bonchev–Trinajstić information content (AvgIpc) is 2.98. The van der Waals surface area contributed by atoms with E-state index in [4.69, 9.17) is 4.74 Å². The lowest BCUT2D eigenvalue weighted by Crippen LogP contribution is -2.51. The van der Waals surface area contributed by atoms with E-state index in [9.17, 15) is 14.4 Å². The van der Waals surface area contributed by atoms with Crippen molar-refractivity contribution in [2.45, 2.75) is 70.9 Å². The van der Waals surface area contributed by atoms with E-state index in [2.05, 4.69) is 0 Å². The number of nitrogens with zero attached hydrogens (tertiary/aromatic N) is 2. The third-order valence-electron chi connectivity index (χ3n) is 6.69. The van der Waals surface area contributed by atoms with Crippen LogP contribution in [-0.4, -0.2) is 41.3 Å². The first-order valence-electron chi connectivity index (χ1n) is 12.0. The Kier molecular flexibility index (Phi) is 7.11. The summed E-state index contributed by atoms with van der Waals surface area (Å²) in [5, 5.41) is 0.